The first-order valence-electron chi connectivity index (χ1n) is 10.4. The zero-order valence-corrected chi connectivity index (χ0v) is 17.3. The molecule has 0 bridgehead atoms. The molecule has 1 heterocycles. The SMILES string of the molecule is CCc1ccc(Nc2nc3c(F)cccc3n2[C@@H]2C[C@H](C)CC(C)(C)C2)cc1. The van der Waals surface area contributed by atoms with Gasteiger partial charge in [0.05, 0.1) is 5.52 Å². The molecule has 3 aromatic rings. The molecule has 0 saturated heterocycles. The molecule has 0 amide bonds. The Balaban J connectivity index is 1.79. The van der Waals surface area contributed by atoms with Crippen molar-refractivity contribution in [2.45, 2.75) is 59.4 Å². The fraction of sp³-hybridized carbons (Fsp3) is 0.458. The van der Waals surface area contributed by atoms with Gasteiger partial charge in [0.25, 0.3) is 0 Å². The summed E-state index contributed by atoms with van der Waals surface area (Å²) in [6.45, 7) is 9.15. The van der Waals surface area contributed by atoms with E-state index in [1.54, 1.807) is 6.07 Å². The van der Waals surface area contributed by atoms with Gasteiger partial charge in [0.15, 0.2) is 5.82 Å². The standard InChI is InChI=1S/C24H30FN3/c1-5-17-9-11-18(12-10-17)26-23-27-22-20(25)7-6-8-21(22)28(23)19-13-16(2)14-24(3,4)15-19/h6-12,16,19H,5,13-15H2,1-4H3,(H,26,27)/t16-,19+/m0/s1. The molecule has 1 saturated carbocycles. The Kier molecular flexibility index (Phi) is 4.90. The van der Waals surface area contributed by atoms with Gasteiger partial charge in [-0.25, -0.2) is 9.37 Å². The molecule has 1 aliphatic carbocycles. The maximum absolute atomic E-state index is 14.5. The van der Waals surface area contributed by atoms with Crippen molar-refractivity contribution in [3.63, 3.8) is 0 Å². The van der Waals surface area contributed by atoms with E-state index in [2.05, 4.69) is 66.8 Å². The highest BCUT2D eigenvalue weighted by Crippen LogP contribution is 2.46. The van der Waals surface area contributed by atoms with Gasteiger partial charge in [0.1, 0.15) is 5.52 Å². The van der Waals surface area contributed by atoms with Crippen molar-refractivity contribution in [1.29, 1.82) is 0 Å². The van der Waals surface area contributed by atoms with E-state index in [9.17, 15) is 4.39 Å². The number of para-hydroxylation sites is 1. The minimum atomic E-state index is -0.260. The van der Waals surface area contributed by atoms with Crippen LogP contribution in [0.15, 0.2) is 42.5 Å². The van der Waals surface area contributed by atoms with Crippen LogP contribution in [-0.2, 0) is 6.42 Å². The van der Waals surface area contributed by atoms with Gasteiger partial charge in [-0.1, -0.05) is 45.9 Å². The summed E-state index contributed by atoms with van der Waals surface area (Å²) < 4.78 is 16.7. The predicted octanol–water partition coefficient (Wildman–Crippen LogP) is 6.87. The van der Waals surface area contributed by atoms with Crippen LogP contribution in [-0.4, -0.2) is 9.55 Å². The van der Waals surface area contributed by atoms with Crippen LogP contribution >= 0.6 is 0 Å². The number of rotatable bonds is 4. The summed E-state index contributed by atoms with van der Waals surface area (Å²) in [6, 6.07) is 14.0. The maximum Gasteiger partial charge on any atom is 0.208 e. The van der Waals surface area contributed by atoms with Gasteiger partial charge >= 0.3 is 0 Å². The number of anilines is 2. The van der Waals surface area contributed by atoms with Crippen molar-refractivity contribution < 1.29 is 4.39 Å². The Morgan fingerprint density at radius 3 is 2.57 bits per heavy atom. The first kappa shape index (κ1) is 19.0. The number of nitrogens with one attached hydrogen (secondary N) is 1. The second kappa shape index (κ2) is 7.23. The number of halogens is 1. The molecule has 0 aliphatic heterocycles. The summed E-state index contributed by atoms with van der Waals surface area (Å²) in [5, 5.41) is 3.47. The highest BCUT2D eigenvalue weighted by atomic mass is 19.1. The van der Waals surface area contributed by atoms with E-state index in [0.29, 0.717) is 17.5 Å². The van der Waals surface area contributed by atoms with E-state index in [1.165, 1.54) is 18.1 Å². The Morgan fingerprint density at radius 2 is 1.89 bits per heavy atom. The summed E-state index contributed by atoms with van der Waals surface area (Å²) in [5.74, 6) is 1.11. The van der Waals surface area contributed by atoms with Crippen LogP contribution in [0.1, 0.15) is 58.6 Å². The third kappa shape index (κ3) is 3.65. The molecule has 1 aliphatic rings. The molecule has 2 aromatic carbocycles. The van der Waals surface area contributed by atoms with Crippen molar-refractivity contribution in [2.75, 3.05) is 5.32 Å². The second-order valence-corrected chi connectivity index (χ2v) is 9.16. The average molecular weight is 380 g/mol. The summed E-state index contributed by atoms with van der Waals surface area (Å²) in [6.07, 6.45) is 4.41. The summed E-state index contributed by atoms with van der Waals surface area (Å²) in [7, 11) is 0. The molecule has 1 N–H and O–H groups in total. The van der Waals surface area contributed by atoms with Crippen LogP contribution in [0.4, 0.5) is 16.0 Å². The summed E-state index contributed by atoms with van der Waals surface area (Å²) in [5.41, 5.74) is 3.88. The van der Waals surface area contributed by atoms with E-state index < -0.39 is 0 Å². The van der Waals surface area contributed by atoms with Crippen molar-refractivity contribution in [3.8, 4) is 0 Å². The molecule has 1 aromatic heterocycles. The summed E-state index contributed by atoms with van der Waals surface area (Å²) >= 11 is 0. The van der Waals surface area contributed by atoms with Gasteiger partial charge in [-0.15, -0.1) is 0 Å². The number of aromatic nitrogens is 2. The number of benzene rings is 2. The largest absolute Gasteiger partial charge is 0.326 e. The number of hydrogen-bond donors (Lipinski definition) is 1. The van der Waals surface area contributed by atoms with Crippen LogP contribution in [0.25, 0.3) is 11.0 Å². The topological polar surface area (TPSA) is 29.9 Å². The van der Waals surface area contributed by atoms with Crippen LogP contribution < -0.4 is 5.32 Å². The van der Waals surface area contributed by atoms with Crippen molar-refractivity contribution in [1.82, 2.24) is 9.55 Å². The monoisotopic (exact) mass is 379 g/mol. The molecule has 3 nitrogen and oxygen atoms in total. The Hall–Kier alpha value is -2.36. The minimum absolute atomic E-state index is 0.260. The Labute approximate surface area is 167 Å². The van der Waals surface area contributed by atoms with Crippen LogP contribution in [0, 0.1) is 17.2 Å². The third-order valence-corrected chi connectivity index (χ3v) is 6.02. The smallest absolute Gasteiger partial charge is 0.208 e. The molecular formula is C24H30FN3. The molecule has 0 spiro atoms. The summed E-state index contributed by atoms with van der Waals surface area (Å²) in [4.78, 5) is 4.67. The Bertz CT molecular complexity index is 971. The fourth-order valence-corrected chi connectivity index (χ4v) is 4.99. The van der Waals surface area contributed by atoms with Gasteiger partial charge < -0.3 is 9.88 Å². The number of hydrogen-bond acceptors (Lipinski definition) is 2. The first-order valence-corrected chi connectivity index (χ1v) is 10.4. The van der Waals surface area contributed by atoms with Gasteiger partial charge in [-0.05, 0) is 66.8 Å². The first-order chi connectivity index (χ1) is 13.4. The molecule has 0 unspecified atom stereocenters. The fourth-order valence-electron chi connectivity index (χ4n) is 4.99. The highest BCUT2D eigenvalue weighted by Gasteiger charge is 2.34. The lowest BCUT2D eigenvalue weighted by Crippen LogP contribution is -2.29. The number of aryl methyl sites for hydroxylation is 1. The van der Waals surface area contributed by atoms with Gasteiger partial charge in [0, 0.05) is 11.7 Å². The molecule has 148 valence electrons. The molecular weight excluding hydrogens is 349 g/mol. The van der Waals surface area contributed by atoms with Crippen LogP contribution in [0.5, 0.6) is 0 Å². The van der Waals surface area contributed by atoms with E-state index in [0.717, 1.165) is 36.4 Å². The van der Waals surface area contributed by atoms with Gasteiger partial charge in [-0.3, -0.25) is 0 Å². The van der Waals surface area contributed by atoms with Crippen LogP contribution in [0.2, 0.25) is 0 Å². The molecule has 2 atom stereocenters. The van der Waals surface area contributed by atoms with Crippen molar-refractivity contribution >= 4 is 22.7 Å². The van der Waals surface area contributed by atoms with E-state index in [1.807, 2.05) is 6.07 Å². The Morgan fingerprint density at radius 1 is 1.14 bits per heavy atom. The lowest BCUT2D eigenvalue weighted by atomic mass is 9.70. The normalized spacial score (nSPS) is 21.8. The number of imidazole rings is 1. The van der Waals surface area contributed by atoms with Crippen molar-refractivity contribution in [3.05, 3.63) is 53.8 Å². The van der Waals surface area contributed by atoms with Crippen molar-refractivity contribution in [2.24, 2.45) is 11.3 Å². The predicted molar refractivity (Wildman–Crippen MR) is 115 cm³/mol. The highest BCUT2D eigenvalue weighted by molar-refractivity contribution is 5.80. The second-order valence-electron chi connectivity index (χ2n) is 9.16. The van der Waals surface area contributed by atoms with Gasteiger partial charge in [-0.2, -0.15) is 0 Å². The molecule has 4 heteroatoms. The maximum atomic E-state index is 14.5. The average Bonchev–Trinajstić information content (AvgIpc) is 3.00. The quantitative estimate of drug-likeness (QED) is 0.536. The van der Waals surface area contributed by atoms with E-state index in [-0.39, 0.29) is 11.2 Å². The van der Waals surface area contributed by atoms with Crippen LogP contribution in [0.3, 0.4) is 0 Å². The molecule has 0 radical (unpaired) electrons. The molecule has 1 fully saturated rings. The molecule has 28 heavy (non-hydrogen) atoms. The minimum Gasteiger partial charge on any atom is -0.326 e. The zero-order chi connectivity index (χ0) is 19.9. The van der Waals surface area contributed by atoms with Gasteiger partial charge in [0.2, 0.25) is 5.95 Å². The molecule has 4 rings (SSSR count). The number of fused-ring (bicyclic) bond motifs is 1. The zero-order valence-electron chi connectivity index (χ0n) is 17.3. The lowest BCUT2D eigenvalue weighted by Gasteiger charge is -2.40. The van der Waals surface area contributed by atoms with E-state index >= 15 is 0 Å². The lowest BCUT2D eigenvalue weighted by molar-refractivity contribution is 0.140. The number of nitrogens with zero attached hydrogens (tertiary/aromatic N) is 2. The third-order valence-electron chi connectivity index (χ3n) is 6.02. The van der Waals surface area contributed by atoms with E-state index in [4.69, 9.17) is 0 Å².